The number of hydrogen-bond donors (Lipinski definition) is 2. The molecular formula is C23H29ClN4O3S. The minimum absolute atomic E-state index is 0.0434. The Hall–Kier alpha value is -2.42. The molecule has 2 aromatic carbocycles. The van der Waals surface area contributed by atoms with E-state index in [9.17, 15) is 13.2 Å². The van der Waals surface area contributed by atoms with Crippen LogP contribution < -0.4 is 10.6 Å². The van der Waals surface area contributed by atoms with Crippen molar-refractivity contribution in [1.82, 2.24) is 15.5 Å². The van der Waals surface area contributed by atoms with Gasteiger partial charge in [0.2, 0.25) is 5.91 Å². The SMILES string of the molecule is CN(CCc1ccc(C2=NCCN2)cc1)C(=O)CCCNCS(=O)(=O)c1ccccc1Cl. The van der Waals surface area contributed by atoms with Crippen LogP contribution in [-0.4, -0.2) is 64.2 Å². The van der Waals surface area contributed by atoms with E-state index >= 15 is 0 Å². The average molecular weight is 477 g/mol. The smallest absolute Gasteiger partial charge is 0.222 e. The molecule has 3 rings (SSSR count). The van der Waals surface area contributed by atoms with Gasteiger partial charge < -0.3 is 15.5 Å². The zero-order valence-corrected chi connectivity index (χ0v) is 19.8. The fourth-order valence-corrected chi connectivity index (χ4v) is 5.09. The van der Waals surface area contributed by atoms with Gasteiger partial charge in [-0.3, -0.25) is 9.79 Å². The predicted molar refractivity (Wildman–Crippen MR) is 128 cm³/mol. The fraction of sp³-hybridized carbons (Fsp3) is 0.391. The van der Waals surface area contributed by atoms with Crippen LogP contribution in [0.2, 0.25) is 5.02 Å². The fourth-order valence-electron chi connectivity index (χ4n) is 3.38. The third-order valence-electron chi connectivity index (χ3n) is 5.27. The van der Waals surface area contributed by atoms with Crippen molar-refractivity contribution in [3.05, 3.63) is 64.7 Å². The van der Waals surface area contributed by atoms with Crippen molar-refractivity contribution in [3.63, 3.8) is 0 Å². The van der Waals surface area contributed by atoms with Crippen LogP contribution >= 0.6 is 11.6 Å². The van der Waals surface area contributed by atoms with Gasteiger partial charge in [-0.15, -0.1) is 0 Å². The first-order valence-electron chi connectivity index (χ1n) is 10.7. The Bertz CT molecular complexity index is 1060. The van der Waals surface area contributed by atoms with Gasteiger partial charge in [0.25, 0.3) is 0 Å². The molecule has 1 aliphatic rings. The number of nitrogens with one attached hydrogen (secondary N) is 2. The van der Waals surface area contributed by atoms with Gasteiger partial charge >= 0.3 is 0 Å². The second-order valence-corrected chi connectivity index (χ2v) is 10.1. The summed E-state index contributed by atoms with van der Waals surface area (Å²) in [6, 6.07) is 14.6. The Labute approximate surface area is 194 Å². The second-order valence-electron chi connectivity index (χ2n) is 7.71. The van der Waals surface area contributed by atoms with E-state index in [2.05, 4.69) is 39.9 Å². The summed E-state index contributed by atoms with van der Waals surface area (Å²) in [4.78, 5) is 18.6. The van der Waals surface area contributed by atoms with Crippen LogP contribution in [0.3, 0.4) is 0 Å². The number of amidine groups is 1. The molecule has 7 nitrogen and oxygen atoms in total. The number of aliphatic imine (C=N–C) groups is 1. The maximum atomic E-state index is 12.4. The van der Waals surface area contributed by atoms with Crippen molar-refractivity contribution in [3.8, 4) is 0 Å². The van der Waals surface area contributed by atoms with Crippen LogP contribution in [0.25, 0.3) is 0 Å². The summed E-state index contributed by atoms with van der Waals surface area (Å²) < 4.78 is 24.7. The summed E-state index contributed by atoms with van der Waals surface area (Å²) in [7, 11) is -1.71. The second kappa shape index (κ2) is 11.4. The molecule has 0 saturated carbocycles. The largest absolute Gasteiger partial charge is 0.368 e. The number of carbonyl (C=O) groups excluding carboxylic acids is 1. The number of amides is 1. The Morgan fingerprint density at radius 3 is 2.62 bits per heavy atom. The molecule has 1 aliphatic heterocycles. The summed E-state index contributed by atoms with van der Waals surface area (Å²) in [6.07, 6.45) is 1.70. The number of benzene rings is 2. The predicted octanol–water partition coefficient (Wildman–Crippen LogP) is 2.49. The van der Waals surface area contributed by atoms with Crippen LogP contribution in [0.4, 0.5) is 0 Å². The molecule has 2 aromatic rings. The molecule has 0 aliphatic carbocycles. The van der Waals surface area contributed by atoms with E-state index in [4.69, 9.17) is 11.6 Å². The molecule has 0 aromatic heterocycles. The number of rotatable bonds is 11. The molecule has 0 bridgehead atoms. The van der Waals surface area contributed by atoms with Crippen LogP contribution in [-0.2, 0) is 21.1 Å². The maximum absolute atomic E-state index is 12.4. The Morgan fingerprint density at radius 2 is 1.94 bits per heavy atom. The molecule has 9 heteroatoms. The van der Waals surface area contributed by atoms with Crippen molar-refractivity contribution in [1.29, 1.82) is 0 Å². The maximum Gasteiger partial charge on any atom is 0.222 e. The molecule has 0 spiro atoms. The quantitative estimate of drug-likeness (QED) is 0.486. The van der Waals surface area contributed by atoms with Gasteiger partial charge in [-0.25, -0.2) is 8.42 Å². The van der Waals surface area contributed by atoms with E-state index in [1.807, 2.05) is 0 Å². The van der Waals surface area contributed by atoms with Gasteiger partial charge in [-0.2, -0.15) is 0 Å². The molecule has 0 fully saturated rings. The Morgan fingerprint density at radius 1 is 1.19 bits per heavy atom. The van der Waals surface area contributed by atoms with Crippen molar-refractivity contribution < 1.29 is 13.2 Å². The summed E-state index contributed by atoms with van der Waals surface area (Å²) in [6.45, 7) is 2.77. The first-order valence-corrected chi connectivity index (χ1v) is 12.7. The van der Waals surface area contributed by atoms with E-state index in [1.54, 1.807) is 30.1 Å². The van der Waals surface area contributed by atoms with Gasteiger partial charge in [0, 0.05) is 32.1 Å². The number of hydrogen-bond acceptors (Lipinski definition) is 6. The first kappa shape index (κ1) is 24.2. The highest BCUT2D eigenvalue weighted by atomic mass is 35.5. The molecule has 0 saturated heterocycles. The lowest BCUT2D eigenvalue weighted by atomic mass is 10.1. The number of likely N-dealkylation sites (N-methyl/N-ethyl adjacent to an activating group) is 1. The van der Waals surface area contributed by atoms with Crippen LogP contribution in [0.15, 0.2) is 58.4 Å². The molecule has 0 radical (unpaired) electrons. The minimum Gasteiger partial charge on any atom is -0.368 e. The third-order valence-corrected chi connectivity index (χ3v) is 7.32. The van der Waals surface area contributed by atoms with Crippen LogP contribution in [0, 0.1) is 0 Å². The molecular weight excluding hydrogens is 448 g/mol. The average Bonchev–Trinajstić information content (AvgIpc) is 3.32. The molecule has 172 valence electrons. The van der Waals surface area contributed by atoms with Gasteiger partial charge in [0.1, 0.15) is 11.7 Å². The summed E-state index contributed by atoms with van der Waals surface area (Å²) >= 11 is 5.97. The molecule has 0 atom stereocenters. The van der Waals surface area contributed by atoms with Crippen molar-refractivity contribution in [2.45, 2.75) is 24.2 Å². The van der Waals surface area contributed by atoms with Crippen molar-refractivity contribution in [2.24, 2.45) is 4.99 Å². The van der Waals surface area contributed by atoms with Gasteiger partial charge in [0.15, 0.2) is 9.84 Å². The van der Waals surface area contributed by atoms with E-state index in [0.717, 1.165) is 30.9 Å². The summed E-state index contributed by atoms with van der Waals surface area (Å²) in [5.74, 6) is 0.776. The van der Waals surface area contributed by atoms with E-state index < -0.39 is 9.84 Å². The van der Waals surface area contributed by atoms with Crippen LogP contribution in [0.5, 0.6) is 0 Å². The normalized spacial score (nSPS) is 13.5. The number of sulfone groups is 1. The zero-order chi connectivity index (χ0) is 23.0. The molecule has 1 heterocycles. The molecule has 32 heavy (non-hydrogen) atoms. The summed E-state index contributed by atoms with van der Waals surface area (Å²) in [5.41, 5.74) is 2.25. The highest BCUT2D eigenvalue weighted by Crippen LogP contribution is 2.21. The number of carbonyl (C=O) groups is 1. The standard InChI is InChI=1S/C23H29ClN4O3S/c1-28(16-12-18-8-10-19(11-9-18)23-26-14-15-27-23)22(29)7-4-13-25-17-32(30,31)21-6-3-2-5-20(21)24/h2-3,5-6,8-11,25H,4,7,12-17H2,1H3,(H,26,27). The Balaban J connectivity index is 1.34. The lowest BCUT2D eigenvalue weighted by molar-refractivity contribution is -0.129. The lowest BCUT2D eigenvalue weighted by Gasteiger charge is -2.17. The van der Waals surface area contributed by atoms with Gasteiger partial charge in [-0.05, 0) is 37.1 Å². The van der Waals surface area contributed by atoms with Gasteiger partial charge in [-0.1, -0.05) is 48.0 Å². The zero-order valence-electron chi connectivity index (χ0n) is 18.2. The topological polar surface area (TPSA) is 90.9 Å². The highest BCUT2D eigenvalue weighted by molar-refractivity contribution is 7.91. The van der Waals surface area contributed by atoms with Crippen molar-refractivity contribution in [2.75, 3.05) is 39.1 Å². The number of halogens is 1. The van der Waals surface area contributed by atoms with E-state index in [-0.39, 0.29) is 21.7 Å². The summed E-state index contributed by atoms with van der Waals surface area (Å²) in [5, 5.41) is 6.37. The highest BCUT2D eigenvalue weighted by Gasteiger charge is 2.17. The molecule has 2 N–H and O–H groups in total. The van der Waals surface area contributed by atoms with Crippen LogP contribution in [0.1, 0.15) is 24.0 Å². The molecule has 1 amide bonds. The monoisotopic (exact) mass is 476 g/mol. The van der Waals surface area contributed by atoms with Gasteiger partial charge in [0.05, 0.1) is 16.5 Å². The minimum atomic E-state index is -3.51. The third kappa shape index (κ3) is 6.79. The number of nitrogens with zero attached hydrogens (tertiary/aromatic N) is 2. The lowest BCUT2D eigenvalue weighted by Crippen LogP contribution is -2.30. The van der Waals surface area contributed by atoms with E-state index in [0.29, 0.717) is 25.9 Å². The van der Waals surface area contributed by atoms with Crippen molar-refractivity contribution >= 4 is 33.2 Å². The van der Waals surface area contributed by atoms with E-state index in [1.165, 1.54) is 11.6 Å². The first-order chi connectivity index (χ1) is 15.4. The molecule has 0 unspecified atom stereocenters. The Kier molecular flexibility index (Phi) is 8.67.